The van der Waals surface area contributed by atoms with Gasteiger partial charge in [0.05, 0.1) is 27.2 Å². The van der Waals surface area contributed by atoms with Crippen LogP contribution in [0, 0.1) is 6.92 Å². The molecule has 1 aliphatic heterocycles. The molecule has 4 nitrogen and oxygen atoms in total. The van der Waals surface area contributed by atoms with Crippen LogP contribution >= 0.6 is 35.0 Å². The number of hydrogen-bond donors (Lipinski definition) is 0. The van der Waals surface area contributed by atoms with Crippen LogP contribution in [0.3, 0.4) is 0 Å². The van der Waals surface area contributed by atoms with Gasteiger partial charge in [-0.2, -0.15) is 0 Å². The van der Waals surface area contributed by atoms with Crippen LogP contribution in [0.2, 0.25) is 10.0 Å². The Morgan fingerprint density at radius 1 is 0.825 bits per heavy atom. The van der Waals surface area contributed by atoms with Crippen molar-refractivity contribution in [2.75, 3.05) is 0 Å². The molecule has 0 aliphatic carbocycles. The number of rotatable bonds is 6. The van der Waals surface area contributed by atoms with Gasteiger partial charge in [-0.05, 0) is 66.2 Å². The first-order chi connectivity index (χ1) is 19.4. The monoisotopic (exact) mass is 581 g/mol. The molecule has 0 atom stereocenters. The summed E-state index contributed by atoms with van der Waals surface area (Å²) >= 11 is 13.8. The van der Waals surface area contributed by atoms with Crippen molar-refractivity contribution in [3.63, 3.8) is 0 Å². The Morgan fingerprint density at radius 3 is 2.35 bits per heavy atom. The van der Waals surface area contributed by atoms with E-state index < -0.39 is 0 Å². The highest BCUT2D eigenvalue weighted by Gasteiger charge is 2.33. The second-order valence-electron chi connectivity index (χ2n) is 9.70. The first-order valence-electron chi connectivity index (χ1n) is 12.9. The fourth-order valence-electron chi connectivity index (χ4n) is 4.72. The zero-order valence-corrected chi connectivity index (χ0v) is 24.0. The van der Waals surface area contributed by atoms with Gasteiger partial charge >= 0.3 is 0 Å². The van der Waals surface area contributed by atoms with Gasteiger partial charge in [-0.15, -0.1) is 0 Å². The van der Waals surface area contributed by atoms with Gasteiger partial charge in [0.25, 0.3) is 5.91 Å². The number of amidine groups is 1. The average Bonchev–Trinajstić information content (AvgIpc) is 3.45. The van der Waals surface area contributed by atoms with Gasteiger partial charge in [-0.3, -0.25) is 9.69 Å². The summed E-state index contributed by atoms with van der Waals surface area (Å²) in [6.07, 6.45) is 4.07. The Hall–Kier alpha value is -3.77. The predicted octanol–water partition coefficient (Wildman–Crippen LogP) is 9.11. The zero-order valence-electron chi connectivity index (χ0n) is 21.7. The number of thioether (sulfide) groups is 1. The second-order valence-corrected chi connectivity index (χ2v) is 11.5. The van der Waals surface area contributed by atoms with Gasteiger partial charge in [-0.1, -0.05) is 95.5 Å². The van der Waals surface area contributed by atoms with Crippen molar-refractivity contribution in [1.82, 2.24) is 9.47 Å². The molecule has 0 unspecified atom stereocenters. The molecule has 4 aromatic carbocycles. The van der Waals surface area contributed by atoms with Crippen LogP contribution in [0.1, 0.15) is 22.3 Å². The van der Waals surface area contributed by atoms with E-state index >= 15 is 0 Å². The predicted molar refractivity (Wildman–Crippen MR) is 168 cm³/mol. The Balaban J connectivity index is 1.38. The van der Waals surface area contributed by atoms with Crippen molar-refractivity contribution >= 4 is 68.7 Å². The number of benzene rings is 4. The second kappa shape index (κ2) is 11.4. The summed E-state index contributed by atoms with van der Waals surface area (Å²) in [7, 11) is 0. The SMILES string of the molecule is Cc1ccc(N=C2S/C(=C/c3cn(Cc4ccc(Cl)c(Cl)c4)c4ccccc34)C(=O)N2Cc2ccccc2)cc1. The third kappa shape index (κ3) is 5.59. The van der Waals surface area contributed by atoms with E-state index in [9.17, 15) is 4.79 Å². The molecule has 1 aliphatic rings. The van der Waals surface area contributed by atoms with Crippen molar-refractivity contribution < 1.29 is 4.79 Å². The Labute approximate surface area is 247 Å². The summed E-state index contributed by atoms with van der Waals surface area (Å²) in [5, 5.41) is 2.81. The third-order valence-corrected chi connectivity index (χ3v) is 8.52. The molecule has 2 heterocycles. The minimum absolute atomic E-state index is 0.0546. The summed E-state index contributed by atoms with van der Waals surface area (Å²) in [5.41, 5.74) is 6.12. The van der Waals surface area contributed by atoms with E-state index in [0.29, 0.717) is 33.2 Å². The minimum atomic E-state index is -0.0546. The number of aliphatic imine (C=N–C) groups is 1. The van der Waals surface area contributed by atoms with E-state index in [2.05, 4.69) is 22.9 Å². The molecule has 198 valence electrons. The molecule has 1 fully saturated rings. The molecule has 0 spiro atoms. The molecule has 0 saturated carbocycles. The number of fused-ring (bicyclic) bond motifs is 1. The van der Waals surface area contributed by atoms with Crippen LogP contribution in [0.4, 0.5) is 5.69 Å². The summed E-state index contributed by atoms with van der Waals surface area (Å²) in [5.74, 6) is -0.0546. The topological polar surface area (TPSA) is 37.6 Å². The van der Waals surface area contributed by atoms with E-state index in [1.807, 2.05) is 97.9 Å². The molecule has 7 heteroatoms. The number of carbonyl (C=O) groups excluding carboxylic acids is 1. The number of amides is 1. The molecule has 1 amide bonds. The van der Waals surface area contributed by atoms with Crippen LogP contribution in [0.15, 0.2) is 113 Å². The lowest BCUT2D eigenvalue weighted by Gasteiger charge is -2.15. The first-order valence-corrected chi connectivity index (χ1v) is 14.4. The minimum Gasteiger partial charge on any atom is -0.342 e. The fraction of sp³-hybridized carbons (Fsp3) is 0.0909. The highest BCUT2D eigenvalue weighted by atomic mass is 35.5. The van der Waals surface area contributed by atoms with Crippen molar-refractivity contribution in [3.05, 3.63) is 140 Å². The van der Waals surface area contributed by atoms with Crippen LogP contribution in [0.25, 0.3) is 17.0 Å². The van der Waals surface area contributed by atoms with Gasteiger partial charge in [-0.25, -0.2) is 4.99 Å². The maximum atomic E-state index is 13.8. The number of hydrogen-bond acceptors (Lipinski definition) is 3. The lowest BCUT2D eigenvalue weighted by Crippen LogP contribution is -2.28. The van der Waals surface area contributed by atoms with E-state index in [4.69, 9.17) is 28.2 Å². The Morgan fingerprint density at radius 2 is 1.57 bits per heavy atom. The van der Waals surface area contributed by atoms with E-state index in [1.165, 1.54) is 11.8 Å². The number of carbonyl (C=O) groups is 1. The first kappa shape index (κ1) is 26.5. The van der Waals surface area contributed by atoms with Crippen LogP contribution in [0.5, 0.6) is 0 Å². The molecular formula is C33H25Cl2N3OS. The summed E-state index contributed by atoms with van der Waals surface area (Å²) in [6.45, 7) is 3.13. The van der Waals surface area contributed by atoms with Crippen molar-refractivity contribution in [2.24, 2.45) is 4.99 Å². The molecule has 0 N–H and O–H groups in total. The number of aryl methyl sites for hydroxylation is 1. The van der Waals surface area contributed by atoms with Crippen molar-refractivity contribution in [1.29, 1.82) is 0 Å². The molecule has 40 heavy (non-hydrogen) atoms. The molecule has 0 radical (unpaired) electrons. The molecule has 1 saturated heterocycles. The number of halogens is 2. The lowest BCUT2D eigenvalue weighted by molar-refractivity contribution is -0.122. The molecule has 5 aromatic rings. The molecular weight excluding hydrogens is 557 g/mol. The van der Waals surface area contributed by atoms with Gasteiger partial charge in [0, 0.05) is 29.2 Å². The number of para-hydroxylation sites is 1. The van der Waals surface area contributed by atoms with Gasteiger partial charge < -0.3 is 4.57 Å². The van der Waals surface area contributed by atoms with Crippen molar-refractivity contribution in [3.8, 4) is 0 Å². The smallest absolute Gasteiger partial charge is 0.267 e. The maximum absolute atomic E-state index is 13.8. The number of aromatic nitrogens is 1. The normalized spacial score (nSPS) is 15.6. The van der Waals surface area contributed by atoms with Crippen molar-refractivity contribution in [2.45, 2.75) is 20.0 Å². The summed E-state index contributed by atoms with van der Waals surface area (Å²) < 4.78 is 2.18. The molecule has 6 rings (SSSR count). The quantitative estimate of drug-likeness (QED) is 0.187. The van der Waals surface area contributed by atoms with E-state index in [0.717, 1.165) is 38.8 Å². The van der Waals surface area contributed by atoms with Gasteiger partial charge in [0.15, 0.2) is 5.17 Å². The Bertz CT molecular complexity index is 1780. The fourth-order valence-corrected chi connectivity index (χ4v) is 6.03. The Kier molecular flexibility index (Phi) is 7.53. The highest BCUT2D eigenvalue weighted by Crippen LogP contribution is 2.37. The van der Waals surface area contributed by atoms with E-state index in [-0.39, 0.29) is 5.91 Å². The summed E-state index contributed by atoms with van der Waals surface area (Å²) in [6, 6.07) is 31.9. The van der Waals surface area contributed by atoms with Gasteiger partial charge in [0.2, 0.25) is 0 Å². The molecule has 0 bridgehead atoms. The highest BCUT2D eigenvalue weighted by molar-refractivity contribution is 8.18. The number of nitrogens with zero attached hydrogens (tertiary/aromatic N) is 3. The zero-order chi connectivity index (χ0) is 27.6. The third-order valence-electron chi connectivity index (χ3n) is 6.77. The largest absolute Gasteiger partial charge is 0.342 e. The summed E-state index contributed by atoms with van der Waals surface area (Å²) in [4.78, 5) is 21.1. The van der Waals surface area contributed by atoms with Crippen LogP contribution < -0.4 is 0 Å². The average molecular weight is 583 g/mol. The van der Waals surface area contributed by atoms with E-state index in [1.54, 1.807) is 4.90 Å². The lowest BCUT2D eigenvalue weighted by atomic mass is 10.1. The maximum Gasteiger partial charge on any atom is 0.267 e. The van der Waals surface area contributed by atoms with Gasteiger partial charge in [0.1, 0.15) is 0 Å². The van der Waals surface area contributed by atoms with Crippen LogP contribution in [-0.2, 0) is 17.9 Å². The standard InChI is InChI=1S/C33H25Cl2N3OS/c1-22-11-14-26(15-12-22)36-33-38(20-23-7-3-2-4-8-23)32(39)31(40-33)18-25-21-37(30-10-6-5-9-27(25)30)19-24-13-16-28(34)29(35)17-24/h2-18,21H,19-20H2,1H3/b31-18+,36-33?. The molecule has 1 aromatic heterocycles. The van der Waals surface area contributed by atoms with Crippen LogP contribution in [-0.4, -0.2) is 20.5 Å².